The molecule has 1 fully saturated rings. The van der Waals surface area contributed by atoms with Gasteiger partial charge in [-0.25, -0.2) is 18.6 Å². The van der Waals surface area contributed by atoms with Crippen molar-refractivity contribution in [1.29, 1.82) is 0 Å². The number of carboxylic acids is 1. The Morgan fingerprint density at radius 1 is 1.48 bits per heavy atom. The second-order valence-electron chi connectivity index (χ2n) is 5.43. The molecular formula is C14H14F5N3O3. The molecule has 0 saturated carbocycles. The quantitative estimate of drug-likeness (QED) is 0.812. The highest BCUT2D eigenvalue weighted by atomic mass is 19.4. The summed E-state index contributed by atoms with van der Waals surface area (Å²) >= 11 is 0. The van der Waals surface area contributed by atoms with Gasteiger partial charge in [0.25, 0.3) is 0 Å². The van der Waals surface area contributed by atoms with Gasteiger partial charge in [0.05, 0.1) is 18.2 Å². The van der Waals surface area contributed by atoms with Gasteiger partial charge in [-0.1, -0.05) is 6.92 Å². The van der Waals surface area contributed by atoms with E-state index >= 15 is 0 Å². The van der Waals surface area contributed by atoms with Crippen LogP contribution in [0.1, 0.15) is 18.9 Å². The number of carboxylic acid groups (broad SMARTS) is 1. The van der Waals surface area contributed by atoms with Crippen LogP contribution in [-0.4, -0.2) is 52.3 Å². The third-order valence-electron chi connectivity index (χ3n) is 3.76. The van der Waals surface area contributed by atoms with E-state index in [0.29, 0.717) is 16.0 Å². The van der Waals surface area contributed by atoms with E-state index in [1.165, 1.54) is 6.92 Å². The third kappa shape index (κ3) is 3.80. The van der Waals surface area contributed by atoms with E-state index in [9.17, 15) is 31.5 Å². The van der Waals surface area contributed by atoms with Gasteiger partial charge in [0, 0.05) is 6.20 Å². The molecule has 0 radical (unpaired) electrons. The van der Waals surface area contributed by atoms with Gasteiger partial charge in [0.1, 0.15) is 12.7 Å². The van der Waals surface area contributed by atoms with Gasteiger partial charge in [-0.2, -0.15) is 13.2 Å². The number of amides is 2. The van der Waals surface area contributed by atoms with Crippen molar-refractivity contribution < 1.29 is 36.6 Å². The Morgan fingerprint density at radius 3 is 2.60 bits per heavy atom. The molecule has 0 bridgehead atoms. The molecule has 6 nitrogen and oxygen atoms in total. The summed E-state index contributed by atoms with van der Waals surface area (Å²) in [4.78, 5) is 27.8. The summed E-state index contributed by atoms with van der Waals surface area (Å²) in [6.45, 7) is 0.243. The van der Waals surface area contributed by atoms with Crippen LogP contribution < -0.4 is 4.90 Å². The maximum atomic E-state index is 14.0. The second-order valence-corrected chi connectivity index (χ2v) is 5.43. The highest BCUT2D eigenvalue weighted by Crippen LogP contribution is 2.33. The number of alkyl halides is 4. The molecule has 2 atom stereocenters. The van der Waals surface area contributed by atoms with Crippen molar-refractivity contribution in [2.45, 2.75) is 31.7 Å². The van der Waals surface area contributed by atoms with E-state index < -0.39 is 60.7 Å². The molecule has 0 aliphatic carbocycles. The first-order valence-corrected chi connectivity index (χ1v) is 7.23. The predicted molar refractivity (Wildman–Crippen MR) is 75.3 cm³/mol. The van der Waals surface area contributed by atoms with Crippen molar-refractivity contribution in [3.63, 3.8) is 0 Å². The Hall–Kier alpha value is -2.46. The van der Waals surface area contributed by atoms with Crippen LogP contribution in [0.2, 0.25) is 0 Å². The average molecular weight is 367 g/mol. The molecule has 2 heterocycles. The summed E-state index contributed by atoms with van der Waals surface area (Å²) in [6, 6.07) is -2.02. The molecule has 1 N–H and O–H groups in total. The number of hydrogen-bond acceptors (Lipinski definition) is 3. The minimum Gasteiger partial charge on any atom is -0.480 e. The maximum absolute atomic E-state index is 14.0. The fraction of sp³-hybridized carbons (Fsp3) is 0.500. The fourth-order valence-electron chi connectivity index (χ4n) is 2.53. The monoisotopic (exact) mass is 367 g/mol. The standard InChI is InChI=1S/C14H14F5N3O3/c1-2-8(15)10-5-22(13(25)21(10)6-11(23)24)12-9(16)3-7(4-20-12)14(17,18)19/h3-4,8,10H,2,5-6H2,1H3,(H,23,24)/t8-,10+/m0/s1. The van der Waals surface area contributed by atoms with Gasteiger partial charge in [-0.15, -0.1) is 0 Å². The Balaban J connectivity index is 2.36. The number of aromatic nitrogens is 1. The van der Waals surface area contributed by atoms with Gasteiger partial charge in [0.2, 0.25) is 0 Å². The van der Waals surface area contributed by atoms with Crippen molar-refractivity contribution in [2.75, 3.05) is 18.0 Å². The lowest BCUT2D eigenvalue weighted by Crippen LogP contribution is -2.43. The summed E-state index contributed by atoms with van der Waals surface area (Å²) in [6.07, 6.45) is -6.06. The first kappa shape index (κ1) is 18.9. The Morgan fingerprint density at radius 2 is 2.12 bits per heavy atom. The molecular weight excluding hydrogens is 353 g/mol. The number of urea groups is 1. The number of aliphatic carboxylic acids is 1. The van der Waals surface area contributed by atoms with Crippen molar-refractivity contribution >= 4 is 17.8 Å². The molecule has 1 saturated heterocycles. The zero-order valence-corrected chi connectivity index (χ0v) is 12.9. The molecule has 1 aliphatic heterocycles. The zero-order chi connectivity index (χ0) is 18.9. The van der Waals surface area contributed by atoms with Gasteiger partial charge in [-0.3, -0.25) is 9.69 Å². The summed E-state index contributed by atoms with van der Waals surface area (Å²) < 4.78 is 65.8. The van der Waals surface area contributed by atoms with E-state index in [0.717, 1.165) is 0 Å². The van der Waals surface area contributed by atoms with Crippen molar-refractivity contribution in [3.8, 4) is 0 Å². The molecule has 138 valence electrons. The third-order valence-corrected chi connectivity index (χ3v) is 3.76. The summed E-state index contributed by atoms with van der Waals surface area (Å²) in [7, 11) is 0. The normalized spacial score (nSPS) is 19.4. The molecule has 0 unspecified atom stereocenters. The van der Waals surface area contributed by atoms with Crippen molar-refractivity contribution in [3.05, 3.63) is 23.6 Å². The molecule has 2 rings (SSSR count). The molecule has 2 amide bonds. The van der Waals surface area contributed by atoms with E-state index in [1.54, 1.807) is 0 Å². The number of halogens is 5. The van der Waals surface area contributed by atoms with Crippen LogP contribution in [-0.2, 0) is 11.0 Å². The smallest absolute Gasteiger partial charge is 0.417 e. The molecule has 0 spiro atoms. The number of anilines is 1. The van der Waals surface area contributed by atoms with Crippen LogP contribution in [0.3, 0.4) is 0 Å². The van der Waals surface area contributed by atoms with Crippen LogP contribution in [0.25, 0.3) is 0 Å². The molecule has 1 aliphatic rings. The van der Waals surface area contributed by atoms with Crippen LogP contribution in [0, 0.1) is 5.82 Å². The summed E-state index contributed by atoms with van der Waals surface area (Å²) in [5, 5.41) is 8.85. The molecule has 1 aromatic heterocycles. The molecule has 11 heteroatoms. The van der Waals surface area contributed by atoms with Crippen molar-refractivity contribution in [2.24, 2.45) is 0 Å². The lowest BCUT2D eigenvalue weighted by molar-refractivity contribution is -0.138. The first-order chi connectivity index (χ1) is 11.6. The summed E-state index contributed by atoms with van der Waals surface area (Å²) in [5.74, 6) is -3.52. The second kappa shape index (κ2) is 6.81. The van der Waals surface area contributed by atoms with Gasteiger partial charge < -0.3 is 10.0 Å². The largest absolute Gasteiger partial charge is 0.480 e. The molecule has 25 heavy (non-hydrogen) atoms. The number of carbonyl (C=O) groups excluding carboxylic acids is 1. The van der Waals surface area contributed by atoms with Gasteiger partial charge in [-0.05, 0) is 12.5 Å². The number of carbonyl (C=O) groups is 2. The topological polar surface area (TPSA) is 73.7 Å². The van der Waals surface area contributed by atoms with E-state index in [-0.39, 0.29) is 12.5 Å². The van der Waals surface area contributed by atoms with Crippen molar-refractivity contribution in [1.82, 2.24) is 9.88 Å². The van der Waals surface area contributed by atoms with Crippen LogP contribution in [0.5, 0.6) is 0 Å². The van der Waals surface area contributed by atoms with Crippen LogP contribution in [0.15, 0.2) is 12.3 Å². The lowest BCUT2D eigenvalue weighted by atomic mass is 10.1. The minimum atomic E-state index is -4.81. The number of rotatable bonds is 5. The Kier molecular flexibility index (Phi) is 5.14. The first-order valence-electron chi connectivity index (χ1n) is 7.23. The zero-order valence-electron chi connectivity index (χ0n) is 12.9. The number of pyridine rings is 1. The van der Waals surface area contributed by atoms with Gasteiger partial charge in [0.15, 0.2) is 11.6 Å². The SMILES string of the molecule is CC[C@H](F)[C@H]1CN(c2ncc(C(F)(F)F)cc2F)C(=O)N1CC(=O)O. The average Bonchev–Trinajstić information content (AvgIpc) is 2.82. The van der Waals surface area contributed by atoms with E-state index in [1.807, 2.05) is 0 Å². The molecule has 1 aromatic rings. The van der Waals surface area contributed by atoms with Crippen LogP contribution >= 0.6 is 0 Å². The number of nitrogens with zero attached hydrogens (tertiary/aromatic N) is 3. The number of hydrogen-bond donors (Lipinski definition) is 1. The lowest BCUT2D eigenvalue weighted by Gasteiger charge is -2.23. The Labute approximate surface area is 138 Å². The van der Waals surface area contributed by atoms with E-state index in [4.69, 9.17) is 5.11 Å². The summed E-state index contributed by atoms with van der Waals surface area (Å²) in [5.41, 5.74) is -1.34. The maximum Gasteiger partial charge on any atom is 0.417 e. The van der Waals surface area contributed by atoms with Crippen LogP contribution in [0.4, 0.5) is 32.6 Å². The highest BCUT2D eigenvalue weighted by molar-refractivity contribution is 5.95. The highest BCUT2D eigenvalue weighted by Gasteiger charge is 2.44. The Bertz CT molecular complexity index is 682. The minimum absolute atomic E-state index is 0.0230. The predicted octanol–water partition coefficient (Wildman–Crippen LogP) is 2.68. The van der Waals surface area contributed by atoms with Gasteiger partial charge >= 0.3 is 18.2 Å². The van der Waals surface area contributed by atoms with E-state index in [2.05, 4.69) is 4.98 Å². The fourth-order valence-corrected chi connectivity index (χ4v) is 2.53. The molecule has 0 aromatic carbocycles.